The van der Waals surface area contributed by atoms with Crippen molar-refractivity contribution in [1.29, 1.82) is 0 Å². The van der Waals surface area contributed by atoms with E-state index in [9.17, 15) is 0 Å². The molecule has 0 saturated heterocycles. The number of rotatable bonds is 0. The second-order valence-electron chi connectivity index (χ2n) is 0.962. The zero-order valence-corrected chi connectivity index (χ0v) is 8.95. The zero-order chi connectivity index (χ0) is 3.54. The normalized spacial score (nSPS) is 4.00. The summed E-state index contributed by atoms with van der Waals surface area (Å²) in [6.45, 7) is 0. The summed E-state index contributed by atoms with van der Waals surface area (Å²) >= 11 is 0. The molecule has 0 nitrogen and oxygen atoms in total. The van der Waals surface area contributed by atoms with E-state index in [2.05, 4.69) is 0 Å². The van der Waals surface area contributed by atoms with Crippen molar-refractivity contribution in [2.75, 3.05) is 0 Å². The van der Waals surface area contributed by atoms with E-state index in [1.54, 1.807) is 0 Å². The maximum absolute atomic E-state index is 2.00. The summed E-state index contributed by atoms with van der Waals surface area (Å²) in [5.41, 5.74) is 0. The van der Waals surface area contributed by atoms with E-state index in [1.807, 2.05) is 30.3 Å². The van der Waals surface area contributed by atoms with Crippen molar-refractivity contribution in [3.63, 3.8) is 0 Å². The van der Waals surface area contributed by atoms with Crippen molar-refractivity contribution in [3.05, 3.63) is 60.0 Å². The number of hydrogen-bond acceptors (Lipinski definition) is 0. The van der Waals surface area contributed by atoms with Crippen LogP contribution in [0.5, 0.6) is 0 Å². The van der Waals surface area contributed by atoms with Gasteiger partial charge in [0, 0.05) is 21.7 Å². The van der Waals surface area contributed by atoms with Crippen LogP contribution in [0.4, 0.5) is 0 Å². The molecule has 1 aromatic rings. The maximum atomic E-state index is 2.00. The first kappa shape index (κ1) is 32.2. The second kappa shape index (κ2) is 23.0. The minimum Gasteiger partial charge on any atom is -0.358 e. The second-order valence-corrected chi connectivity index (χ2v) is 0.962. The molecule has 0 amide bonds. The van der Waals surface area contributed by atoms with Crippen molar-refractivity contribution in [2.45, 2.75) is 0 Å². The molecule has 1 aromatic carbocycles. The molecule has 0 bridgehead atoms. The van der Waals surface area contributed by atoms with Crippen molar-refractivity contribution < 1.29 is 21.7 Å². The van der Waals surface area contributed by atoms with Gasteiger partial charge in [-0.2, -0.15) is 18.2 Å². The molecule has 0 saturated carbocycles. The summed E-state index contributed by atoms with van der Waals surface area (Å²) < 4.78 is 0. The zero-order valence-electron chi connectivity index (χ0n) is 7.39. The molecule has 0 aliphatic rings. The van der Waals surface area contributed by atoms with Gasteiger partial charge in [-0.25, -0.2) is 12.1 Å². The Morgan fingerprint density at radius 2 is 1.00 bits per heavy atom. The van der Waals surface area contributed by atoms with Gasteiger partial charge in [-0.05, 0) is 0 Å². The van der Waals surface area contributed by atoms with Crippen LogP contribution in [-0.4, -0.2) is 0 Å². The van der Waals surface area contributed by atoms with Crippen molar-refractivity contribution in [2.24, 2.45) is 0 Å². The Morgan fingerprint density at radius 1 is 0.700 bits per heavy atom. The van der Waals surface area contributed by atoms with Gasteiger partial charge in [-0.3, -0.25) is 0 Å². The monoisotopic (exact) mass is 173 g/mol. The molecule has 0 aliphatic heterocycles. The van der Waals surface area contributed by atoms with Gasteiger partial charge in [-0.15, -0.1) is 0 Å². The summed E-state index contributed by atoms with van der Waals surface area (Å²) in [5, 5.41) is 0. The number of hydrogen-bond donors (Lipinski definition) is 0. The van der Waals surface area contributed by atoms with E-state index in [-0.39, 0.29) is 51.4 Å². The molecular weight excluding hydrogens is 156 g/mol. The van der Waals surface area contributed by atoms with Crippen LogP contribution in [0.1, 0.15) is 0 Å². The quantitative estimate of drug-likeness (QED) is 0.417. The average molecular weight is 173 g/mol. The third-order valence-corrected chi connectivity index (χ3v) is 0.556. The van der Waals surface area contributed by atoms with Crippen LogP contribution >= 0.6 is 0 Å². The Kier molecular flexibility index (Phi) is 74.1. The smallest absolute Gasteiger partial charge is 0 e. The van der Waals surface area contributed by atoms with Crippen molar-refractivity contribution in [1.82, 2.24) is 0 Å². The minimum atomic E-state index is 0. The van der Waals surface area contributed by atoms with E-state index < -0.39 is 0 Å². The van der Waals surface area contributed by atoms with Gasteiger partial charge in [0.1, 0.15) is 0 Å². The summed E-state index contributed by atoms with van der Waals surface area (Å²) in [5.74, 6) is 0. The molecule has 62 valence electrons. The molecule has 0 atom stereocenters. The van der Waals surface area contributed by atoms with Gasteiger partial charge in [0.25, 0.3) is 0 Å². The van der Waals surface area contributed by atoms with Crippen LogP contribution in [0, 0.1) is 29.7 Å². The Bertz CT molecular complexity index is 61.2. The van der Waals surface area contributed by atoms with Gasteiger partial charge < -0.3 is 29.7 Å². The molecule has 0 radical (unpaired) electrons. The van der Waals surface area contributed by atoms with Gasteiger partial charge in [-0.1, -0.05) is 0 Å². The first-order valence-corrected chi connectivity index (χ1v) is 1.67. The topological polar surface area (TPSA) is 0 Å². The van der Waals surface area contributed by atoms with E-state index >= 15 is 0 Å². The average Bonchev–Trinajstić information content (AvgIpc) is 1.76. The first-order valence-electron chi connectivity index (χ1n) is 1.67. The summed E-state index contributed by atoms with van der Waals surface area (Å²) in [6.07, 6.45) is 0. The van der Waals surface area contributed by atoms with Gasteiger partial charge in [0.2, 0.25) is 0 Å². The van der Waals surface area contributed by atoms with Crippen LogP contribution in [0.25, 0.3) is 0 Å². The fraction of sp³-hybridized carbons (Fsp3) is 0. The fourth-order valence-corrected chi connectivity index (χ4v) is 0.321. The summed E-state index contributed by atoms with van der Waals surface area (Å²) in [4.78, 5) is 0. The Balaban J connectivity index is -0.0000000167. The molecule has 1 rings (SSSR count). The Labute approximate surface area is 81.9 Å². The first-order chi connectivity index (χ1) is 2.50. The van der Waals surface area contributed by atoms with Crippen molar-refractivity contribution in [3.8, 4) is 0 Å². The third-order valence-electron chi connectivity index (χ3n) is 0.556. The third kappa shape index (κ3) is 15.7. The molecule has 0 aliphatic carbocycles. The van der Waals surface area contributed by atoms with Crippen LogP contribution in [0.3, 0.4) is 0 Å². The predicted molar refractivity (Wildman–Crippen MR) is 47.7 cm³/mol. The molecule has 0 aromatic heterocycles. The summed E-state index contributed by atoms with van der Waals surface area (Å²) in [7, 11) is 0. The van der Waals surface area contributed by atoms with Gasteiger partial charge in [0.05, 0.1) is 0 Å². The van der Waals surface area contributed by atoms with E-state index in [0.717, 1.165) is 0 Å². The molecular formula is C9H17Ti-5. The molecule has 0 unspecified atom stereocenters. The molecule has 10 heavy (non-hydrogen) atoms. The molecule has 0 fully saturated rings. The summed E-state index contributed by atoms with van der Waals surface area (Å²) in [6, 6.07) is 10.0. The van der Waals surface area contributed by atoms with Gasteiger partial charge >= 0.3 is 0 Å². The standard InChI is InChI=1S/C5H5.4CH3.Ti/c1-2-4-5-3-1;;;;;/h1-5H;4*1H3;/q5*-1;. The molecule has 0 spiro atoms. The Hall–Kier alpha value is 0.0643. The SMILES string of the molecule is [CH3-].[CH3-].[CH3-].[CH3-].[Ti].c1cc[cH-]c1. The van der Waals surface area contributed by atoms with Crippen LogP contribution < -0.4 is 0 Å². The van der Waals surface area contributed by atoms with Gasteiger partial charge in [0.15, 0.2) is 0 Å². The van der Waals surface area contributed by atoms with Crippen molar-refractivity contribution >= 4 is 0 Å². The predicted octanol–water partition coefficient (Wildman–Crippen LogP) is 3.20. The van der Waals surface area contributed by atoms with Crippen LogP contribution in [-0.2, 0) is 21.7 Å². The molecule has 0 heterocycles. The largest absolute Gasteiger partial charge is 0.358 e. The van der Waals surface area contributed by atoms with Crippen LogP contribution in [0.15, 0.2) is 30.3 Å². The van der Waals surface area contributed by atoms with E-state index in [4.69, 9.17) is 0 Å². The minimum absolute atomic E-state index is 0. The fourth-order valence-electron chi connectivity index (χ4n) is 0.321. The maximum Gasteiger partial charge on any atom is 0 e. The molecule has 0 N–H and O–H groups in total. The van der Waals surface area contributed by atoms with E-state index in [0.29, 0.717) is 0 Å². The Morgan fingerprint density at radius 3 is 1.10 bits per heavy atom. The van der Waals surface area contributed by atoms with E-state index in [1.165, 1.54) is 0 Å². The molecule has 1 heteroatoms. The van der Waals surface area contributed by atoms with Crippen LogP contribution in [0.2, 0.25) is 0 Å².